The van der Waals surface area contributed by atoms with Crippen molar-refractivity contribution in [1.29, 1.82) is 0 Å². The van der Waals surface area contributed by atoms with Crippen LogP contribution in [-0.2, 0) is 17.1 Å². The van der Waals surface area contributed by atoms with Crippen molar-refractivity contribution >= 4 is 15.8 Å². The Morgan fingerprint density at radius 2 is 1.87 bits per heavy atom. The Kier molecular flexibility index (Phi) is 5.86. The Morgan fingerprint density at radius 1 is 1.13 bits per heavy atom. The van der Waals surface area contributed by atoms with Crippen LogP contribution in [0.4, 0.5) is 14.6 Å². The number of rotatable bonds is 6. The van der Waals surface area contributed by atoms with Gasteiger partial charge >= 0.3 is 0 Å². The monoisotopic (exact) mass is 449 g/mol. The molecule has 0 amide bonds. The number of hydrogen-bond donors (Lipinski definition) is 1. The molecule has 2 atom stereocenters. The second kappa shape index (κ2) is 8.58. The van der Waals surface area contributed by atoms with Gasteiger partial charge in [0.15, 0.2) is 4.90 Å². The summed E-state index contributed by atoms with van der Waals surface area (Å²) in [6.45, 7) is 0. The van der Waals surface area contributed by atoms with Gasteiger partial charge in [0.2, 0.25) is 0 Å². The van der Waals surface area contributed by atoms with Crippen molar-refractivity contribution in [2.45, 2.75) is 42.6 Å². The maximum absolute atomic E-state index is 14.7. The Hall–Kier alpha value is -3.08. The van der Waals surface area contributed by atoms with Gasteiger partial charge in [-0.2, -0.15) is 5.10 Å². The molecule has 0 saturated heterocycles. The summed E-state index contributed by atoms with van der Waals surface area (Å²) >= 11 is 0. The van der Waals surface area contributed by atoms with Gasteiger partial charge in [-0.1, -0.05) is 6.42 Å². The third-order valence-electron chi connectivity index (χ3n) is 5.29. The van der Waals surface area contributed by atoms with Gasteiger partial charge in [-0.25, -0.2) is 27.2 Å². The lowest BCUT2D eigenvalue weighted by Gasteiger charge is -2.32. The van der Waals surface area contributed by atoms with Gasteiger partial charge in [-0.15, -0.1) is 0 Å². The number of hydrogen-bond acceptors (Lipinski definition) is 6. The van der Waals surface area contributed by atoms with Crippen LogP contribution >= 0.6 is 0 Å². The summed E-state index contributed by atoms with van der Waals surface area (Å²) in [7, 11) is -2.70. The molecule has 164 valence electrons. The van der Waals surface area contributed by atoms with E-state index < -0.39 is 26.6 Å². The number of anilines is 1. The van der Waals surface area contributed by atoms with Gasteiger partial charge in [0.25, 0.3) is 10.0 Å². The highest BCUT2D eigenvalue weighted by molar-refractivity contribution is 7.92. The number of ether oxygens (including phenoxy) is 1. The van der Waals surface area contributed by atoms with E-state index in [0.717, 1.165) is 43.4 Å². The first kappa shape index (κ1) is 21.2. The van der Waals surface area contributed by atoms with Crippen molar-refractivity contribution in [3.8, 4) is 5.75 Å². The maximum Gasteiger partial charge on any atom is 0.268 e. The predicted molar refractivity (Wildman–Crippen MR) is 108 cm³/mol. The molecule has 1 fully saturated rings. The van der Waals surface area contributed by atoms with Crippen LogP contribution in [0.25, 0.3) is 0 Å². The molecule has 0 spiro atoms. The standard InChI is InChI=1S/C20H21F2N5O3S/c1-27-17(6-9-25-27)14-4-2-3-5-18(14)30-13-10-15(21)20(16(22)11-13)31(28,29)26-19-7-8-23-12-24-19/h6-12,14,18H,2-5H2,1H3,(H,23,24,26). The molecule has 2 heterocycles. The summed E-state index contributed by atoms with van der Waals surface area (Å²) in [5, 5.41) is 4.19. The normalized spacial score (nSPS) is 19.2. The van der Waals surface area contributed by atoms with Gasteiger partial charge in [0.1, 0.15) is 35.6 Å². The minimum Gasteiger partial charge on any atom is -0.490 e. The molecule has 1 aromatic carbocycles. The fraction of sp³-hybridized carbons (Fsp3) is 0.350. The van der Waals surface area contributed by atoms with Crippen LogP contribution in [0, 0.1) is 11.6 Å². The first-order chi connectivity index (χ1) is 14.8. The summed E-state index contributed by atoms with van der Waals surface area (Å²) in [6.07, 6.45) is 7.35. The van der Waals surface area contributed by atoms with E-state index in [9.17, 15) is 17.2 Å². The van der Waals surface area contributed by atoms with E-state index >= 15 is 0 Å². The number of halogens is 2. The lowest BCUT2D eigenvalue weighted by Crippen LogP contribution is -2.30. The van der Waals surface area contributed by atoms with Crippen LogP contribution in [0.3, 0.4) is 0 Å². The van der Waals surface area contributed by atoms with Crippen molar-refractivity contribution in [3.63, 3.8) is 0 Å². The summed E-state index contributed by atoms with van der Waals surface area (Å²) in [6, 6.07) is 4.97. The summed E-state index contributed by atoms with van der Waals surface area (Å²) < 4.78 is 64.1. The molecule has 31 heavy (non-hydrogen) atoms. The highest BCUT2D eigenvalue weighted by Gasteiger charge is 2.31. The van der Waals surface area contributed by atoms with Crippen LogP contribution in [0.5, 0.6) is 5.75 Å². The molecule has 0 aliphatic heterocycles. The molecule has 1 saturated carbocycles. The van der Waals surface area contributed by atoms with Crippen molar-refractivity contribution in [2.75, 3.05) is 4.72 Å². The average molecular weight is 449 g/mol. The lowest BCUT2D eigenvalue weighted by atomic mass is 9.84. The van der Waals surface area contributed by atoms with Crippen LogP contribution in [0.2, 0.25) is 0 Å². The summed E-state index contributed by atoms with van der Waals surface area (Å²) in [5.41, 5.74) is 0.985. The summed E-state index contributed by atoms with van der Waals surface area (Å²) in [4.78, 5) is 6.28. The Balaban J connectivity index is 1.59. The van der Waals surface area contributed by atoms with Crippen LogP contribution in [0.15, 0.2) is 47.9 Å². The van der Waals surface area contributed by atoms with Crippen molar-refractivity contribution in [1.82, 2.24) is 19.7 Å². The van der Waals surface area contributed by atoms with Crippen LogP contribution in [0.1, 0.15) is 37.3 Å². The van der Waals surface area contributed by atoms with Gasteiger partial charge in [-0.3, -0.25) is 9.40 Å². The quantitative estimate of drug-likeness (QED) is 0.619. The molecule has 0 bridgehead atoms. The molecule has 8 nitrogen and oxygen atoms in total. The molecule has 1 N–H and O–H groups in total. The second-order valence-corrected chi connectivity index (χ2v) is 8.96. The SMILES string of the molecule is Cn1nccc1C1CCCCC1Oc1cc(F)c(S(=O)(=O)Nc2ccncn2)c(F)c1. The molecule has 4 rings (SSSR count). The van der Waals surface area contributed by atoms with Gasteiger partial charge < -0.3 is 4.74 Å². The number of benzene rings is 1. The topological polar surface area (TPSA) is 99.0 Å². The largest absolute Gasteiger partial charge is 0.490 e. The number of aromatic nitrogens is 4. The molecule has 1 aliphatic rings. The number of aryl methyl sites for hydroxylation is 1. The van der Waals surface area contributed by atoms with E-state index in [1.54, 1.807) is 10.9 Å². The molecular weight excluding hydrogens is 428 g/mol. The highest BCUT2D eigenvalue weighted by Crippen LogP contribution is 2.36. The zero-order valence-corrected chi connectivity index (χ0v) is 17.5. The van der Waals surface area contributed by atoms with Crippen molar-refractivity contribution < 1.29 is 21.9 Å². The Bertz CT molecular complexity index is 1150. The number of nitrogens with one attached hydrogen (secondary N) is 1. The van der Waals surface area contributed by atoms with E-state index in [1.807, 2.05) is 17.8 Å². The lowest BCUT2D eigenvalue weighted by molar-refractivity contribution is 0.125. The molecule has 2 aromatic heterocycles. The van der Waals surface area contributed by atoms with E-state index in [-0.39, 0.29) is 23.6 Å². The second-order valence-electron chi connectivity index (χ2n) is 7.34. The number of sulfonamides is 1. The molecule has 3 aromatic rings. The molecule has 11 heteroatoms. The average Bonchev–Trinajstić information content (AvgIpc) is 3.14. The van der Waals surface area contributed by atoms with E-state index in [1.165, 1.54) is 12.3 Å². The van der Waals surface area contributed by atoms with Crippen molar-refractivity contribution in [3.05, 3.63) is 60.3 Å². The van der Waals surface area contributed by atoms with Crippen LogP contribution in [-0.4, -0.2) is 34.3 Å². The van der Waals surface area contributed by atoms with Crippen LogP contribution < -0.4 is 9.46 Å². The first-order valence-corrected chi connectivity index (χ1v) is 11.3. The van der Waals surface area contributed by atoms with E-state index in [4.69, 9.17) is 4.74 Å². The predicted octanol–water partition coefficient (Wildman–Crippen LogP) is 3.39. The van der Waals surface area contributed by atoms with E-state index in [2.05, 4.69) is 15.1 Å². The first-order valence-electron chi connectivity index (χ1n) is 9.77. The number of nitrogens with zero attached hydrogens (tertiary/aromatic N) is 4. The minimum absolute atomic E-state index is 0.0233. The third kappa shape index (κ3) is 4.50. The smallest absolute Gasteiger partial charge is 0.268 e. The molecule has 0 radical (unpaired) electrons. The van der Waals surface area contributed by atoms with E-state index in [0.29, 0.717) is 6.42 Å². The Labute approximate surface area is 178 Å². The zero-order chi connectivity index (χ0) is 22.0. The third-order valence-corrected chi connectivity index (χ3v) is 6.70. The minimum atomic E-state index is -4.53. The summed E-state index contributed by atoms with van der Waals surface area (Å²) in [5.74, 6) is -2.63. The highest BCUT2D eigenvalue weighted by atomic mass is 32.2. The fourth-order valence-electron chi connectivity index (χ4n) is 3.90. The zero-order valence-electron chi connectivity index (χ0n) is 16.7. The fourth-order valence-corrected chi connectivity index (χ4v) is 5.03. The maximum atomic E-state index is 14.7. The van der Waals surface area contributed by atoms with Crippen molar-refractivity contribution in [2.24, 2.45) is 7.05 Å². The molecule has 2 unspecified atom stereocenters. The van der Waals surface area contributed by atoms with Gasteiger partial charge in [0, 0.05) is 43.2 Å². The van der Waals surface area contributed by atoms with Gasteiger partial charge in [-0.05, 0) is 31.4 Å². The molecular formula is C20H21F2N5O3S. The van der Waals surface area contributed by atoms with Gasteiger partial charge in [0.05, 0.1) is 0 Å². The molecule has 1 aliphatic carbocycles. The Morgan fingerprint density at radius 3 is 2.52 bits per heavy atom.